The lowest BCUT2D eigenvalue weighted by molar-refractivity contribution is 0.550. The molecule has 0 saturated carbocycles. The van der Waals surface area contributed by atoms with Crippen molar-refractivity contribution in [2.24, 2.45) is 5.84 Å². The summed E-state index contributed by atoms with van der Waals surface area (Å²) in [5.41, 5.74) is 5.95. The number of rotatable bonds is 4. The molecule has 0 saturated heterocycles. The van der Waals surface area contributed by atoms with Gasteiger partial charge in [-0.05, 0) is 25.0 Å². The Balaban J connectivity index is 2.25. The van der Waals surface area contributed by atoms with Crippen LogP contribution in [0.1, 0.15) is 27.9 Å². The Bertz CT molecular complexity index is 539. The number of hydrogen-bond donors (Lipinski definition) is 2. The number of thiazole rings is 1. The highest BCUT2D eigenvalue weighted by Gasteiger charge is 2.16. The maximum Gasteiger partial charge on any atom is 0.0947 e. The molecule has 1 atom stereocenters. The average molecular weight is 282 g/mol. The first-order valence-electron chi connectivity index (χ1n) is 5.74. The molecule has 2 aromatic rings. The van der Waals surface area contributed by atoms with Gasteiger partial charge in [-0.15, -0.1) is 11.3 Å². The summed E-state index contributed by atoms with van der Waals surface area (Å²) in [7, 11) is 0. The van der Waals surface area contributed by atoms with Gasteiger partial charge >= 0.3 is 0 Å². The Kier molecular flexibility index (Phi) is 4.35. The third-order valence-electron chi connectivity index (χ3n) is 2.84. The van der Waals surface area contributed by atoms with Crippen molar-refractivity contribution in [2.75, 3.05) is 0 Å². The van der Waals surface area contributed by atoms with Crippen LogP contribution >= 0.6 is 22.9 Å². The van der Waals surface area contributed by atoms with E-state index in [9.17, 15) is 0 Å². The lowest BCUT2D eigenvalue weighted by Crippen LogP contribution is -2.29. The van der Waals surface area contributed by atoms with E-state index in [4.69, 9.17) is 17.4 Å². The fraction of sp³-hybridized carbons (Fsp3) is 0.308. The van der Waals surface area contributed by atoms with E-state index in [1.165, 1.54) is 0 Å². The lowest BCUT2D eigenvalue weighted by Gasteiger charge is -2.17. The van der Waals surface area contributed by atoms with Crippen LogP contribution in [0.2, 0.25) is 5.02 Å². The molecule has 3 N–H and O–H groups in total. The molecule has 0 aliphatic rings. The predicted octanol–water partition coefficient (Wildman–Crippen LogP) is 3.16. The summed E-state index contributed by atoms with van der Waals surface area (Å²) in [5.74, 6) is 5.65. The average Bonchev–Trinajstić information content (AvgIpc) is 2.76. The predicted molar refractivity (Wildman–Crippen MR) is 76.8 cm³/mol. The van der Waals surface area contributed by atoms with Gasteiger partial charge in [0.05, 0.1) is 11.0 Å². The molecule has 96 valence electrons. The second-order valence-corrected chi connectivity index (χ2v) is 5.60. The zero-order valence-electron chi connectivity index (χ0n) is 10.4. The summed E-state index contributed by atoms with van der Waals surface area (Å²) >= 11 is 7.97. The molecule has 1 aromatic heterocycles. The van der Waals surface area contributed by atoms with E-state index in [-0.39, 0.29) is 6.04 Å². The van der Waals surface area contributed by atoms with Crippen LogP contribution in [0.4, 0.5) is 0 Å². The second-order valence-electron chi connectivity index (χ2n) is 4.28. The molecule has 1 heterocycles. The summed E-state index contributed by atoms with van der Waals surface area (Å²) in [6.07, 6.45) is 0.748. The molecule has 18 heavy (non-hydrogen) atoms. The molecule has 0 radical (unpaired) electrons. The van der Waals surface area contributed by atoms with Crippen molar-refractivity contribution in [2.45, 2.75) is 26.3 Å². The number of benzene rings is 1. The molecule has 3 nitrogen and oxygen atoms in total. The largest absolute Gasteiger partial charge is 0.271 e. The Morgan fingerprint density at radius 3 is 2.83 bits per heavy atom. The summed E-state index contributed by atoms with van der Waals surface area (Å²) in [4.78, 5) is 4.46. The zero-order valence-corrected chi connectivity index (χ0v) is 12.0. The Morgan fingerprint density at radius 1 is 1.44 bits per heavy atom. The van der Waals surface area contributed by atoms with Crippen LogP contribution in [0.5, 0.6) is 0 Å². The van der Waals surface area contributed by atoms with Crippen molar-refractivity contribution < 1.29 is 0 Å². The monoisotopic (exact) mass is 281 g/mol. The fourth-order valence-electron chi connectivity index (χ4n) is 1.87. The molecule has 0 spiro atoms. The van der Waals surface area contributed by atoms with Gasteiger partial charge in [0.25, 0.3) is 0 Å². The van der Waals surface area contributed by atoms with Gasteiger partial charge in [-0.2, -0.15) is 0 Å². The normalized spacial score (nSPS) is 12.7. The van der Waals surface area contributed by atoms with E-state index in [2.05, 4.69) is 10.4 Å². The standard InChI is InChI=1S/C13H16ClN3S/c1-8-4-3-5-10(13(8)14)11(17-15)6-12-16-9(2)7-18-12/h3-5,7,11,17H,6,15H2,1-2H3. The van der Waals surface area contributed by atoms with Crippen molar-refractivity contribution in [3.8, 4) is 0 Å². The topological polar surface area (TPSA) is 50.9 Å². The molecule has 0 aliphatic heterocycles. The van der Waals surface area contributed by atoms with Gasteiger partial charge in [0.1, 0.15) is 0 Å². The first kappa shape index (κ1) is 13.5. The van der Waals surface area contributed by atoms with Gasteiger partial charge in [-0.3, -0.25) is 11.3 Å². The van der Waals surface area contributed by atoms with E-state index in [1.807, 2.05) is 37.4 Å². The van der Waals surface area contributed by atoms with Crippen LogP contribution in [0, 0.1) is 13.8 Å². The molecule has 0 fully saturated rings. The van der Waals surface area contributed by atoms with E-state index < -0.39 is 0 Å². The van der Waals surface area contributed by atoms with Crippen LogP contribution in [-0.4, -0.2) is 4.98 Å². The maximum absolute atomic E-state index is 6.33. The van der Waals surface area contributed by atoms with Crippen molar-refractivity contribution in [1.82, 2.24) is 10.4 Å². The molecule has 2 rings (SSSR count). The van der Waals surface area contributed by atoms with Gasteiger partial charge < -0.3 is 0 Å². The molecule has 0 bridgehead atoms. The first-order chi connectivity index (χ1) is 8.61. The van der Waals surface area contributed by atoms with Crippen LogP contribution in [0.15, 0.2) is 23.6 Å². The highest BCUT2D eigenvalue weighted by atomic mass is 35.5. The number of hydrazine groups is 1. The third-order valence-corrected chi connectivity index (χ3v) is 4.35. The number of aromatic nitrogens is 1. The zero-order chi connectivity index (χ0) is 13.1. The SMILES string of the molecule is Cc1csc(CC(NN)c2cccc(C)c2Cl)n1. The number of nitrogens with zero attached hydrogens (tertiary/aromatic N) is 1. The van der Waals surface area contributed by atoms with E-state index in [1.54, 1.807) is 11.3 Å². The minimum atomic E-state index is -0.0112. The van der Waals surface area contributed by atoms with E-state index in [0.29, 0.717) is 0 Å². The highest BCUT2D eigenvalue weighted by Crippen LogP contribution is 2.28. The van der Waals surface area contributed by atoms with E-state index in [0.717, 1.165) is 33.3 Å². The summed E-state index contributed by atoms with van der Waals surface area (Å²) in [6, 6.07) is 5.98. The molecular formula is C13H16ClN3S. The van der Waals surface area contributed by atoms with Crippen LogP contribution < -0.4 is 11.3 Å². The number of halogens is 1. The van der Waals surface area contributed by atoms with Gasteiger partial charge in [0.15, 0.2) is 0 Å². The van der Waals surface area contributed by atoms with Crippen LogP contribution in [0.25, 0.3) is 0 Å². The van der Waals surface area contributed by atoms with Crippen molar-refractivity contribution in [1.29, 1.82) is 0 Å². The Labute approximate surface area is 116 Å². The van der Waals surface area contributed by atoms with Gasteiger partial charge in [-0.1, -0.05) is 29.8 Å². The number of nitrogens with one attached hydrogen (secondary N) is 1. The molecule has 1 aromatic carbocycles. The second kappa shape index (κ2) is 5.80. The van der Waals surface area contributed by atoms with Crippen LogP contribution in [0.3, 0.4) is 0 Å². The van der Waals surface area contributed by atoms with Crippen LogP contribution in [-0.2, 0) is 6.42 Å². The highest BCUT2D eigenvalue weighted by molar-refractivity contribution is 7.09. The Hall–Kier alpha value is -0.940. The Morgan fingerprint density at radius 2 is 2.22 bits per heavy atom. The van der Waals surface area contributed by atoms with Gasteiger partial charge in [-0.25, -0.2) is 4.98 Å². The van der Waals surface area contributed by atoms with Gasteiger partial charge in [0, 0.05) is 22.5 Å². The molecule has 5 heteroatoms. The third kappa shape index (κ3) is 2.90. The summed E-state index contributed by atoms with van der Waals surface area (Å²) in [6.45, 7) is 3.98. The molecule has 1 unspecified atom stereocenters. The fourth-order valence-corrected chi connectivity index (χ4v) is 2.95. The van der Waals surface area contributed by atoms with Crippen molar-refractivity contribution >= 4 is 22.9 Å². The minimum absolute atomic E-state index is 0.0112. The summed E-state index contributed by atoms with van der Waals surface area (Å²) < 4.78 is 0. The van der Waals surface area contributed by atoms with Crippen molar-refractivity contribution in [3.05, 3.63) is 50.4 Å². The molecule has 0 aliphatic carbocycles. The minimum Gasteiger partial charge on any atom is -0.271 e. The number of aryl methyl sites for hydroxylation is 2. The molecular weight excluding hydrogens is 266 g/mol. The smallest absolute Gasteiger partial charge is 0.0947 e. The first-order valence-corrected chi connectivity index (χ1v) is 6.99. The number of hydrogen-bond acceptors (Lipinski definition) is 4. The lowest BCUT2D eigenvalue weighted by atomic mass is 10.0. The van der Waals surface area contributed by atoms with Gasteiger partial charge in [0.2, 0.25) is 0 Å². The quantitative estimate of drug-likeness (QED) is 0.669. The van der Waals surface area contributed by atoms with E-state index >= 15 is 0 Å². The van der Waals surface area contributed by atoms with Crippen molar-refractivity contribution in [3.63, 3.8) is 0 Å². The maximum atomic E-state index is 6.33. The number of nitrogens with two attached hydrogens (primary N) is 1. The summed E-state index contributed by atoms with van der Waals surface area (Å²) in [5, 5.41) is 3.88. The molecule has 0 amide bonds.